The third-order valence-corrected chi connectivity index (χ3v) is 6.50. The molecule has 0 unspecified atom stereocenters. The number of fused-ring (bicyclic) bond motifs is 6. The highest BCUT2D eigenvalue weighted by Gasteiger charge is 2.16. The first kappa shape index (κ1) is 17.3. The van der Waals surface area contributed by atoms with Crippen LogP contribution in [0.1, 0.15) is 31.7 Å². The molecule has 4 heteroatoms. The van der Waals surface area contributed by atoms with Gasteiger partial charge in [-0.25, -0.2) is 0 Å². The van der Waals surface area contributed by atoms with Crippen molar-refractivity contribution in [1.29, 1.82) is 0 Å². The van der Waals surface area contributed by atoms with E-state index in [2.05, 4.69) is 91.2 Å². The minimum absolute atomic E-state index is 1.09. The molecule has 0 aliphatic carbocycles. The number of halogens is 2. The lowest BCUT2D eigenvalue weighted by Crippen LogP contribution is -1.90. The van der Waals surface area contributed by atoms with Gasteiger partial charge in [-0.3, -0.25) is 0 Å². The third kappa shape index (κ3) is 2.81. The van der Waals surface area contributed by atoms with Gasteiger partial charge in [0.1, 0.15) is 0 Å². The molecule has 5 rings (SSSR count). The van der Waals surface area contributed by atoms with Crippen LogP contribution in [-0.4, -0.2) is 9.97 Å². The molecule has 0 atom stereocenters. The second-order valence-corrected chi connectivity index (χ2v) is 9.12. The van der Waals surface area contributed by atoms with Crippen LogP contribution in [-0.2, 0) is 6.42 Å². The van der Waals surface area contributed by atoms with Crippen molar-refractivity contribution >= 4 is 75.5 Å². The van der Waals surface area contributed by atoms with E-state index >= 15 is 0 Å². The molecule has 0 saturated heterocycles. The molecule has 0 aliphatic rings. The first-order valence-electron chi connectivity index (χ1n) is 9.49. The van der Waals surface area contributed by atoms with Gasteiger partial charge in [0.15, 0.2) is 0 Å². The minimum atomic E-state index is 1.09. The van der Waals surface area contributed by atoms with E-state index in [9.17, 15) is 0 Å². The van der Waals surface area contributed by atoms with Gasteiger partial charge < -0.3 is 9.97 Å². The van der Waals surface area contributed by atoms with Gasteiger partial charge in [0, 0.05) is 47.0 Å². The van der Waals surface area contributed by atoms with Gasteiger partial charge in [-0.15, -0.1) is 0 Å². The number of aromatic amines is 2. The summed E-state index contributed by atoms with van der Waals surface area (Å²) in [7, 11) is 0. The lowest BCUT2D eigenvalue weighted by molar-refractivity contribution is 0.721. The summed E-state index contributed by atoms with van der Waals surface area (Å²) in [6.45, 7) is 2.26. The predicted molar refractivity (Wildman–Crippen MR) is 124 cm³/mol. The van der Waals surface area contributed by atoms with E-state index in [0.29, 0.717) is 0 Å². The SMILES string of the molecule is CCCCCc1c2[nH]c3ccc(Br)cc3c2cc2[nH]c3ccc(Br)cc3c12. The van der Waals surface area contributed by atoms with Crippen molar-refractivity contribution in [3.8, 4) is 0 Å². The minimum Gasteiger partial charge on any atom is -0.354 e. The Balaban J connectivity index is 1.91. The Bertz CT molecular complexity index is 1300. The van der Waals surface area contributed by atoms with Gasteiger partial charge in [0.2, 0.25) is 0 Å². The fraction of sp³-hybridized carbons (Fsp3) is 0.217. The van der Waals surface area contributed by atoms with E-state index in [-0.39, 0.29) is 0 Å². The van der Waals surface area contributed by atoms with Crippen LogP contribution < -0.4 is 0 Å². The highest BCUT2D eigenvalue weighted by molar-refractivity contribution is 9.10. The molecular weight excluding hydrogens is 464 g/mol. The van der Waals surface area contributed by atoms with Crippen LogP contribution in [0.2, 0.25) is 0 Å². The van der Waals surface area contributed by atoms with Crippen molar-refractivity contribution in [2.24, 2.45) is 0 Å². The fourth-order valence-electron chi connectivity index (χ4n) is 4.26. The molecule has 0 aliphatic heterocycles. The van der Waals surface area contributed by atoms with E-state index in [1.807, 2.05) is 0 Å². The van der Waals surface area contributed by atoms with E-state index in [0.717, 1.165) is 15.4 Å². The Hall–Kier alpha value is -1.78. The van der Waals surface area contributed by atoms with Crippen LogP contribution in [0.15, 0.2) is 51.4 Å². The lowest BCUT2D eigenvalue weighted by atomic mass is 9.97. The van der Waals surface area contributed by atoms with Crippen LogP contribution in [0.3, 0.4) is 0 Å². The maximum Gasteiger partial charge on any atom is 0.0505 e. The Morgan fingerprint density at radius 2 is 1.44 bits per heavy atom. The summed E-state index contributed by atoms with van der Waals surface area (Å²) < 4.78 is 2.24. The van der Waals surface area contributed by atoms with Crippen molar-refractivity contribution in [2.75, 3.05) is 0 Å². The molecule has 0 amide bonds. The second-order valence-electron chi connectivity index (χ2n) is 7.29. The van der Waals surface area contributed by atoms with Crippen LogP contribution in [0.4, 0.5) is 0 Å². The van der Waals surface area contributed by atoms with Gasteiger partial charge in [0.05, 0.1) is 5.52 Å². The maximum atomic E-state index is 3.72. The normalized spacial score (nSPS) is 12.1. The molecule has 2 aromatic heterocycles. The highest BCUT2D eigenvalue weighted by atomic mass is 79.9. The van der Waals surface area contributed by atoms with Crippen LogP contribution in [0.5, 0.6) is 0 Å². The predicted octanol–water partition coefficient (Wildman–Crippen LogP) is 8.21. The number of aryl methyl sites for hydroxylation is 1. The van der Waals surface area contributed by atoms with E-state index in [1.165, 1.54) is 68.4 Å². The molecule has 3 aromatic carbocycles. The molecule has 0 saturated carbocycles. The van der Waals surface area contributed by atoms with Gasteiger partial charge in [-0.1, -0.05) is 51.6 Å². The molecule has 27 heavy (non-hydrogen) atoms. The topological polar surface area (TPSA) is 31.6 Å². The van der Waals surface area contributed by atoms with Gasteiger partial charge in [-0.2, -0.15) is 0 Å². The van der Waals surface area contributed by atoms with E-state index in [4.69, 9.17) is 0 Å². The van der Waals surface area contributed by atoms with Crippen molar-refractivity contribution in [3.05, 3.63) is 57.0 Å². The molecule has 2 heterocycles. The zero-order valence-corrected chi connectivity index (χ0v) is 18.3. The largest absolute Gasteiger partial charge is 0.354 e. The number of aromatic nitrogens is 2. The van der Waals surface area contributed by atoms with Crippen molar-refractivity contribution in [3.63, 3.8) is 0 Å². The van der Waals surface area contributed by atoms with Crippen molar-refractivity contribution < 1.29 is 0 Å². The second kappa shape index (κ2) is 6.68. The summed E-state index contributed by atoms with van der Waals surface area (Å²) in [5.74, 6) is 0. The number of unbranched alkanes of at least 4 members (excludes halogenated alkanes) is 2. The smallest absolute Gasteiger partial charge is 0.0505 e. The Labute approximate surface area is 174 Å². The number of hydrogen-bond acceptors (Lipinski definition) is 0. The maximum absolute atomic E-state index is 3.72. The van der Waals surface area contributed by atoms with Gasteiger partial charge >= 0.3 is 0 Å². The quantitative estimate of drug-likeness (QED) is 0.241. The average molecular weight is 484 g/mol. The summed E-state index contributed by atoms with van der Waals surface area (Å²) in [5.41, 5.74) is 6.34. The average Bonchev–Trinajstić information content (AvgIpc) is 3.19. The van der Waals surface area contributed by atoms with Crippen molar-refractivity contribution in [2.45, 2.75) is 32.6 Å². The van der Waals surface area contributed by atoms with E-state index in [1.54, 1.807) is 0 Å². The number of H-pyrrole nitrogens is 2. The highest BCUT2D eigenvalue weighted by Crippen LogP contribution is 2.39. The summed E-state index contributed by atoms with van der Waals surface area (Å²) in [4.78, 5) is 7.37. The third-order valence-electron chi connectivity index (χ3n) is 5.51. The Kier molecular flexibility index (Phi) is 4.29. The summed E-state index contributed by atoms with van der Waals surface area (Å²) in [6.07, 6.45) is 4.80. The monoisotopic (exact) mass is 482 g/mol. The van der Waals surface area contributed by atoms with Crippen LogP contribution in [0.25, 0.3) is 43.6 Å². The zero-order valence-electron chi connectivity index (χ0n) is 15.1. The molecule has 0 radical (unpaired) electrons. The Morgan fingerprint density at radius 1 is 0.741 bits per heavy atom. The van der Waals surface area contributed by atoms with E-state index < -0.39 is 0 Å². The summed E-state index contributed by atoms with van der Waals surface area (Å²) in [6, 6.07) is 15.3. The number of hydrogen-bond donors (Lipinski definition) is 2. The molecule has 136 valence electrons. The molecule has 5 aromatic rings. The standard InChI is InChI=1S/C23H20Br2N2/c1-2-3-4-5-15-22-18-11-14(25)7-9-20(18)26-21(22)12-17-16-10-13(24)6-8-19(16)27-23(15)17/h6-12,26-27H,2-5H2,1H3. The Morgan fingerprint density at radius 3 is 2.19 bits per heavy atom. The molecule has 0 fully saturated rings. The lowest BCUT2D eigenvalue weighted by Gasteiger charge is -2.07. The van der Waals surface area contributed by atoms with Gasteiger partial charge in [-0.05, 0) is 60.9 Å². The molecule has 0 bridgehead atoms. The number of benzene rings is 3. The number of rotatable bonds is 4. The first-order chi connectivity index (χ1) is 13.2. The van der Waals surface area contributed by atoms with Gasteiger partial charge in [0.25, 0.3) is 0 Å². The molecule has 2 N–H and O–H groups in total. The number of nitrogens with one attached hydrogen (secondary N) is 2. The first-order valence-corrected chi connectivity index (χ1v) is 11.1. The zero-order chi connectivity index (χ0) is 18.5. The molecular formula is C23H20Br2N2. The van der Waals surface area contributed by atoms with Crippen LogP contribution in [0, 0.1) is 0 Å². The van der Waals surface area contributed by atoms with Crippen molar-refractivity contribution in [1.82, 2.24) is 9.97 Å². The summed E-state index contributed by atoms with van der Waals surface area (Å²) in [5, 5.41) is 5.24. The van der Waals surface area contributed by atoms with Crippen LogP contribution >= 0.6 is 31.9 Å². The summed E-state index contributed by atoms with van der Waals surface area (Å²) >= 11 is 7.28. The molecule has 0 spiro atoms. The fourth-order valence-corrected chi connectivity index (χ4v) is 4.98. The molecule has 2 nitrogen and oxygen atoms in total.